The maximum absolute atomic E-state index is 10.9. The smallest absolute Gasteiger partial charge is 0.269 e. The Balaban J connectivity index is 1.58. The molecule has 0 aromatic heterocycles. The first-order chi connectivity index (χ1) is 11.9. The molecular weight excluding hydrogens is 322 g/mol. The van der Waals surface area contributed by atoms with Crippen molar-refractivity contribution in [3.8, 4) is 0 Å². The van der Waals surface area contributed by atoms with Gasteiger partial charge in [-0.05, 0) is 43.0 Å². The van der Waals surface area contributed by atoms with Crippen molar-refractivity contribution < 1.29 is 9.85 Å². The summed E-state index contributed by atoms with van der Waals surface area (Å²) in [6.45, 7) is 0.832. The molecule has 7 nitrogen and oxygen atoms in total. The minimum absolute atomic E-state index is 0.102. The molecule has 1 aliphatic rings. The molecule has 0 N–H and O–H groups in total. The standard InChI is InChI=1S/C18H19N3O4/c1-19(9-8-13-2-5-16(6-3-13)20(22)23)18-10-14-4-7-17(21(24)25)11-15(14)12-18/h2-7,11,18H,8-10,12H2,1H3. The lowest BCUT2D eigenvalue weighted by Crippen LogP contribution is -2.33. The van der Waals surface area contributed by atoms with E-state index in [1.807, 2.05) is 6.07 Å². The van der Waals surface area contributed by atoms with Crippen LogP contribution in [-0.4, -0.2) is 34.4 Å². The fourth-order valence-corrected chi connectivity index (χ4v) is 3.28. The van der Waals surface area contributed by atoms with Gasteiger partial charge in [0.25, 0.3) is 11.4 Å². The molecule has 25 heavy (non-hydrogen) atoms. The van der Waals surface area contributed by atoms with E-state index in [1.54, 1.807) is 24.3 Å². The number of non-ortho nitro benzene ring substituents is 2. The van der Waals surface area contributed by atoms with Crippen LogP contribution in [0.15, 0.2) is 42.5 Å². The van der Waals surface area contributed by atoms with Crippen molar-refractivity contribution in [3.05, 3.63) is 79.4 Å². The van der Waals surface area contributed by atoms with E-state index in [4.69, 9.17) is 0 Å². The average Bonchev–Trinajstić information content (AvgIpc) is 3.03. The van der Waals surface area contributed by atoms with Crippen LogP contribution >= 0.6 is 0 Å². The highest BCUT2D eigenvalue weighted by atomic mass is 16.6. The molecule has 7 heteroatoms. The Morgan fingerprint density at radius 3 is 2.20 bits per heavy atom. The molecule has 0 saturated carbocycles. The molecule has 0 saturated heterocycles. The molecule has 1 aliphatic carbocycles. The lowest BCUT2D eigenvalue weighted by Gasteiger charge is -2.24. The highest BCUT2D eigenvalue weighted by Gasteiger charge is 2.26. The molecule has 0 amide bonds. The molecule has 1 unspecified atom stereocenters. The number of hydrogen-bond acceptors (Lipinski definition) is 5. The lowest BCUT2D eigenvalue weighted by atomic mass is 10.1. The van der Waals surface area contributed by atoms with Crippen molar-refractivity contribution in [2.75, 3.05) is 13.6 Å². The Labute approximate surface area is 145 Å². The molecule has 0 fully saturated rings. The quantitative estimate of drug-likeness (QED) is 0.595. The van der Waals surface area contributed by atoms with Crippen LogP contribution in [0.1, 0.15) is 16.7 Å². The van der Waals surface area contributed by atoms with Gasteiger partial charge in [-0.3, -0.25) is 20.2 Å². The third-order valence-electron chi connectivity index (χ3n) is 4.84. The SMILES string of the molecule is CN(CCc1ccc([N+](=O)[O-])cc1)C1Cc2ccc([N+](=O)[O-])cc2C1. The fourth-order valence-electron chi connectivity index (χ4n) is 3.28. The second-order valence-corrected chi connectivity index (χ2v) is 6.43. The third kappa shape index (κ3) is 3.83. The number of nitro benzene ring substituents is 2. The molecule has 2 aromatic carbocycles. The van der Waals surface area contributed by atoms with Gasteiger partial charge in [0.05, 0.1) is 9.85 Å². The van der Waals surface area contributed by atoms with Gasteiger partial charge in [-0.1, -0.05) is 18.2 Å². The van der Waals surface area contributed by atoms with Crippen molar-refractivity contribution >= 4 is 11.4 Å². The van der Waals surface area contributed by atoms with Crippen LogP contribution in [0.2, 0.25) is 0 Å². The maximum atomic E-state index is 10.9. The van der Waals surface area contributed by atoms with E-state index < -0.39 is 4.92 Å². The predicted octanol–water partition coefficient (Wildman–Crippen LogP) is 3.14. The Morgan fingerprint density at radius 1 is 0.960 bits per heavy atom. The summed E-state index contributed by atoms with van der Waals surface area (Å²) in [6, 6.07) is 12.1. The number of likely N-dealkylation sites (N-methyl/N-ethyl adjacent to an activating group) is 1. The van der Waals surface area contributed by atoms with E-state index in [9.17, 15) is 20.2 Å². The van der Waals surface area contributed by atoms with Crippen LogP contribution in [-0.2, 0) is 19.3 Å². The Kier molecular flexibility index (Phi) is 4.76. The molecule has 130 valence electrons. The highest BCUT2D eigenvalue weighted by Crippen LogP contribution is 2.28. The molecule has 0 spiro atoms. The Bertz CT molecular complexity index is 804. The molecule has 0 heterocycles. The van der Waals surface area contributed by atoms with Crippen LogP contribution in [0.3, 0.4) is 0 Å². The summed E-state index contributed by atoms with van der Waals surface area (Å²) >= 11 is 0. The number of nitrogens with zero attached hydrogens (tertiary/aromatic N) is 3. The highest BCUT2D eigenvalue weighted by molar-refractivity contribution is 5.43. The van der Waals surface area contributed by atoms with E-state index in [1.165, 1.54) is 17.7 Å². The minimum Gasteiger partial charge on any atom is -0.302 e. The van der Waals surface area contributed by atoms with Gasteiger partial charge >= 0.3 is 0 Å². The van der Waals surface area contributed by atoms with Gasteiger partial charge < -0.3 is 4.90 Å². The number of hydrogen-bond donors (Lipinski definition) is 0. The van der Waals surface area contributed by atoms with Crippen molar-refractivity contribution in [1.29, 1.82) is 0 Å². The predicted molar refractivity (Wildman–Crippen MR) is 93.7 cm³/mol. The minimum atomic E-state index is -0.398. The van der Waals surface area contributed by atoms with Crippen LogP contribution in [0.25, 0.3) is 0 Å². The summed E-state index contributed by atoms with van der Waals surface area (Å²) in [5.41, 5.74) is 3.54. The maximum Gasteiger partial charge on any atom is 0.269 e. The van der Waals surface area contributed by atoms with Gasteiger partial charge in [0.15, 0.2) is 0 Å². The topological polar surface area (TPSA) is 89.5 Å². The first-order valence-corrected chi connectivity index (χ1v) is 8.14. The monoisotopic (exact) mass is 341 g/mol. The molecule has 1 atom stereocenters. The number of rotatable bonds is 6. The summed E-state index contributed by atoms with van der Waals surface area (Å²) in [6.07, 6.45) is 2.51. The van der Waals surface area contributed by atoms with Gasteiger partial charge in [-0.15, -0.1) is 0 Å². The van der Waals surface area contributed by atoms with Gasteiger partial charge in [-0.25, -0.2) is 0 Å². The molecule has 3 rings (SSSR count). The van der Waals surface area contributed by atoms with E-state index in [0.717, 1.165) is 36.9 Å². The second-order valence-electron chi connectivity index (χ2n) is 6.43. The summed E-state index contributed by atoms with van der Waals surface area (Å²) in [5.74, 6) is 0. The fraction of sp³-hybridized carbons (Fsp3) is 0.333. The molecular formula is C18H19N3O4. The van der Waals surface area contributed by atoms with Crippen LogP contribution in [0, 0.1) is 20.2 Å². The van der Waals surface area contributed by atoms with Crippen LogP contribution in [0.4, 0.5) is 11.4 Å². The molecule has 0 bridgehead atoms. The first kappa shape index (κ1) is 17.0. The number of benzene rings is 2. The van der Waals surface area contributed by atoms with Crippen LogP contribution in [0.5, 0.6) is 0 Å². The Morgan fingerprint density at radius 2 is 1.56 bits per heavy atom. The van der Waals surface area contributed by atoms with Gasteiger partial charge in [0.2, 0.25) is 0 Å². The summed E-state index contributed by atoms with van der Waals surface area (Å²) in [5, 5.41) is 21.6. The van der Waals surface area contributed by atoms with Crippen molar-refractivity contribution in [2.24, 2.45) is 0 Å². The van der Waals surface area contributed by atoms with Crippen molar-refractivity contribution in [2.45, 2.75) is 25.3 Å². The summed E-state index contributed by atoms with van der Waals surface area (Å²) in [7, 11) is 2.05. The van der Waals surface area contributed by atoms with Crippen molar-refractivity contribution in [3.63, 3.8) is 0 Å². The van der Waals surface area contributed by atoms with Gasteiger partial charge in [0.1, 0.15) is 0 Å². The molecule has 0 aliphatic heterocycles. The summed E-state index contributed by atoms with van der Waals surface area (Å²) < 4.78 is 0. The normalized spacial score (nSPS) is 16.0. The average molecular weight is 341 g/mol. The van der Waals surface area contributed by atoms with Crippen molar-refractivity contribution in [1.82, 2.24) is 4.90 Å². The Hall–Kier alpha value is -2.80. The van der Waals surface area contributed by atoms with E-state index in [-0.39, 0.29) is 16.3 Å². The molecule has 0 radical (unpaired) electrons. The first-order valence-electron chi connectivity index (χ1n) is 8.14. The zero-order valence-corrected chi connectivity index (χ0v) is 13.9. The number of fused-ring (bicyclic) bond motifs is 1. The van der Waals surface area contributed by atoms with Gasteiger partial charge in [0, 0.05) is 36.9 Å². The number of nitro groups is 2. The third-order valence-corrected chi connectivity index (χ3v) is 4.84. The van der Waals surface area contributed by atoms with E-state index in [0.29, 0.717) is 6.04 Å². The largest absolute Gasteiger partial charge is 0.302 e. The van der Waals surface area contributed by atoms with Crippen LogP contribution < -0.4 is 0 Å². The zero-order valence-electron chi connectivity index (χ0n) is 13.9. The van der Waals surface area contributed by atoms with E-state index in [2.05, 4.69) is 11.9 Å². The lowest BCUT2D eigenvalue weighted by molar-refractivity contribution is -0.385. The zero-order chi connectivity index (χ0) is 18.0. The summed E-state index contributed by atoms with van der Waals surface area (Å²) in [4.78, 5) is 23.1. The second kappa shape index (κ2) is 6.98. The van der Waals surface area contributed by atoms with Gasteiger partial charge in [-0.2, -0.15) is 0 Å². The molecule has 2 aromatic rings. The van der Waals surface area contributed by atoms with E-state index >= 15 is 0 Å².